The molecule has 3 N–H and O–H groups in total. The third-order valence-corrected chi connectivity index (χ3v) is 5.40. The highest BCUT2D eigenvalue weighted by Crippen LogP contribution is 2.29. The molecule has 8 heteroatoms. The van der Waals surface area contributed by atoms with Gasteiger partial charge in [-0.05, 0) is 72.8 Å². The van der Waals surface area contributed by atoms with Gasteiger partial charge in [-0.3, -0.25) is 14.8 Å². The van der Waals surface area contributed by atoms with Crippen molar-refractivity contribution in [3.63, 3.8) is 0 Å². The van der Waals surface area contributed by atoms with Crippen LogP contribution in [0.25, 0.3) is 15.7 Å². The Morgan fingerprint density at radius 1 is 0.778 bits per heavy atom. The first kappa shape index (κ1) is 22.5. The summed E-state index contributed by atoms with van der Waals surface area (Å²) in [6, 6.07) is 21.9. The fourth-order valence-electron chi connectivity index (χ4n) is 3.71. The molecule has 0 fully saturated rings. The maximum atomic E-state index is 14.2. The van der Waals surface area contributed by atoms with E-state index in [4.69, 9.17) is 6.57 Å². The van der Waals surface area contributed by atoms with Crippen LogP contribution in [0.4, 0.5) is 38.5 Å². The van der Waals surface area contributed by atoms with Crippen molar-refractivity contribution in [3.8, 4) is 0 Å². The van der Waals surface area contributed by atoms with Gasteiger partial charge in [0, 0.05) is 58.0 Å². The molecule has 0 saturated heterocycles. The maximum absolute atomic E-state index is 14.2. The first-order valence-electron chi connectivity index (χ1n) is 11.0. The zero-order valence-corrected chi connectivity index (χ0v) is 18.9. The molecular formula is C28H19FN6O. The van der Waals surface area contributed by atoms with E-state index >= 15 is 0 Å². The minimum atomic E-state index is -0.477. The molecule has 1 amide bonds. The number of hydrogen-bond acceptors (Lipinski definition) is 5. The van der Waals surface area contributed by atoms with Crippen molar-refractivity contribution in [3.05, 3.63) is 120 Å². The number of pyridine rings is 2. The monoisotopic (exact) mass is 474 g/mol. The van der Waals surface area contributed by atoms with Gasteiger partial charge in [0.25, 0.3) is 5.91 Å². The first-order chi connectivity index (χ1) is 17.6. The van der Waals surface area contributed by atoms with Crippen molar-refractivity contribution in [2.24, 2.45) is 0 Å². The molecule has 0 aliphatic carbocycles. The van der Waals surface area contributed by atoms with Gasteiger partial charge in [-0.25, -0.2) is 9.24 Å². The fourth-order valence-corrected chi connectivity index (χ4v) is 3.71. The van der Waals surface area contributed by atoms with E-state index in [1.54, 1.807) is 73.2 Å². The van der Waals surface area contributed by atoms with E-state index in [0.717, 1.165) is 28.0 Å². The Morgan fingerprint density at radius 3 is 2.31 bits per heavy atom. The zero-order chi connectivity index (χ0) is 24.9. The van der Waals surface area contributed by atoms with Crippen molar-refractivity contribution >= 4 is 50.9 Å². The molecule has 3 aromatic carbocycles. The molecule has 7 nitrogen and oxygen atoms in total. The normalized spacial score (nSPS) is 10.4. The molecule has 2 aromatic heterocycles. The number of halogens is 1. The van der Waals surface area contributed by atoms with Crippen LogP contribution >= 0.6 is 0 Å². The minimum Gasteiger partial charge on any atom is -0.355 e. The predicted octanol–water partition coefficient (Wildman–Crippen LogP) is 7.06. The van der Waals surface area contributed by atoms with Gasteiger partial charge >= 0.3 is 0 Å². The van der Waals surface area contributed by atoms with E-state index in [1.165, 1.54) is 12.1 Å². The molecule has 5 aromatic rings. The van der Waals surface area contributed by atoms with Crippen LogP contribution in [0, 0.1) is 12.4 Å². The number of carbonyl (C=O) groups is 1. The number of aromatic nitrogens is 2. The van der Waals surface area contributed by atoms with Crippen molar-refractivity contribution in [2.75, 3.05) is 16.0 Å². The maximum Gasteiger partial charge on any atom is 0.255 e. The second kappa shape index (κ2) is 9.91. The Morgan fingerprint density at radius 2 is 1.53 bits per heavy atom. The number of hydrogen-bond donors (Lipinski definition) is 3. The van der Waals surface area contributed by atoms with Gasteiger partial charge in [0.15, 0.2) is 5.69 Å². The molecule has 0 bridgehead atoms. The molecule has 0 aliphatic rings. The van der Waals surface area contributed by atoms with Gasteiger partial charge in [-0.2, -0.15) is 0 Å². The number of benzene rings is 3. The van der Waals surface area contributed by atoms with Crippen LogP contribution < -0.4 is 16.0 Å². The van der Waals surface area contributed by atoms with Gasteiger partial charge < -0.3 is 16.0 Å². The van der Waals surface area contributed by atoms with Crippen LogP contribution in [-0.2, 0) is 0 Å². The second-order valence-corrected chi connectivity index (χ2v) is 7.92. The van der Waals surface area contributed by atoms with Crippen LogP contribution in [0.5, 0.6) is 0 Å². The van der Waals surface area contributed by atoms with Crippen LogP contribution in [0.2, 0.25) is 0 Å². The molecule has 0 saturated carbocycles. The number of nitrogens with one attached hydrogen (secondary N) is 3. The van der Waals surface area contributed by atoms with E-state index in [-0.39, 0.29) is 5.91 Å². The van der Waals surface area contributed by atoms with Crippen molar-refractivity contribution in [2.45, 2.75) is 0 Å². The number of fused-ring (bicyclic) bond motifs is 1. The smallest absolute Gasteiger partial charge is 0.255 e. The van der Waals surface area contributed by atoms with Crippen LogP contribution in [0.15, 0.2) is 97.5 Å². The SMILES string of the molecule is [C-]#[N+]c1ccc2nccc(Nc3ccc(C(=O)Nc4cc(F)cc(Nc5ccncc5)c4)cc3)c2c1. The Balaban J connectivity index is 1.30. The highest BCUT2D eigenvalue weighted by atomic mass is 19.1. The zero-order valence-electron chi connectivity index (χ0n) is 18.9. The average Bonchev–Trinajstić information content (AvgIpc) is 2.89. The van der Waals surface area contributed by atoms with Gasteiger partial charge in [0.05, 0.1) is 12.1 Å². The average molecular weight is 474 g/mol. The molecule has 5 rings (SSSR count). The number of carbonyl (C=O) groups excluding carboxylic acids is 1. The molecule has 0 radical (unpaired) electrons. The number of nitrogens with zero attached hydrogens (tertiary/aromatic N) is 3. The summed E-state index contributed by atoms with van der Waals surface area (Å²) in [7, 11) is 0. The third kappa shape index (κ3) is 5.11. The number of amides is 1. The molecule has 2 heterocycles. The van der Waals surface area contributed by atoms with E-state index in [0.29, 0.717) is 22.6 Å². The van der Waals surface area contributed by atoms with E-state index in [9.17, 15) is 9.18 Å². The van der Waals surface area contributed by atoms with Crippen molar-refractivity contribution in [1.82, 2.24) is 9.97 Å². The van der Waals surface area contributed by atoms with Crippen LogP contribution in [0.3, 0.4) is 0 Å². The molecular weight excluding hydrogens is 455 g/mol. The largest absolute Gasteiger partial charge is 0.355 e. The lowest BCUT2D eigenvalue weighted by Crippen LogP contribution is -2.12. The van der Waals surface area contributed by atoms with Crippen molar-refractivity contribution in [1.29, 1.82) is 0 Å². The fraction of sp³-hybridized carbons (Fsp3) is 0. The van der Waals surface area contributed by atoms with Gasteiger partial charge in [-0.15, -0.1) is 0 Å². The summed E-state index contributed by atoms with van der Waals surface area (Å²) in [5, 5.41) is 9.98. The van der Waals surface area contributed by atoms with Gasteiger partial charge in [0.1, 0.15) is 5.82 Å². The minimum absolute atomic E-state index is 0.331. The van der Waals surface area contributed by atoms with Crippen LogP contribution in [0.1, 0.15) is 10.4 Å². The molecule has 0 atom stereocenters. The Labute approximate surface area is 206 Å². The molecule has 0 aliphatic heterocycles. The lowest BCUT2D eigenvalue weighted by Gasteiger charge is -2.12. The predicted molar refractivity (Wildman–Crippen MR) is 140 cm³/mol. The second-order valence-electron chi connectivity index (χ2n) is 7.92. The summed E-state index contributed by atoms with van der Waals surface area (Å²) >= 11 is 0. The third-order valence-electron chi connectivity index (χ3n) is 5.40. The summed E-state index contributed by atoms with van der Waals surface area (Å²) in [6.07, 6.45) is 4.95. The summed E-state index contributed by atoms with van der Waals surface area (Å²) in [4.78, 5) is 24.6. The standard InChI is InChI=1S/C28H19FN6O/c1-30-22-6-7-26-25(17-22)27(10-13-32-26)34-20-4-2-18(3-5-20)28(36)35-24-15-19(29)14-23(16-24)33-21-8-11-31-12-9-21/h2-17H,(H,31,33)(H,32,34)(H,35,36). The summed E-state index contributed by atoms with van der Waals surface area (Å²) < 4.78 is 14.2. The molecule has 0 spiro atoms. The first-order valence-corrected chi connectivity index (χ1v) is 11.0. The lowest BCUT2D eigenvalue weighted by molar-refractivity contribution is 0.102. The molecule has 36 heavy (non-hydrogen) atoms. The highest BCUT2D eigenvalue weighted by Gasteiger charge is 2.10. The summed E-state index contributed by atoms with van der Waals surface area (Å²) in [5.74, 6) is -0.840. The molecule has 0 unspecified atom stereocenters. The quantitative estimate of drug-likeness (QED) is 0.230. The Bertz CT molecular complexity index is 1600. The summed E-state index contributed by atoms with van der Waals surface area (Å²) in [6.45, 7) is 7.25. The summed E-state index contributed by atoms with van der Waals surface area (Å²) in [5.41, 5.74) is 4.88. The van der Waals surface area contributed by atoms with Gasteiger partial charge in [-0.1, -0.05) is 6.07 Å². The lowest BCUT2D eigenvalue weighted by atomic mass is 10.1. The Kier molecular flexibility index (Phi) is 6.19. The number of anilines is 5. The highest BCUT2D eigenvalue weighted by molar-refractivity contribution is 6.05. The Hall–Kier alpha value is -5.29. The number of rotatable bonds is 6. The van der Waals surface area contributed by atoms with E-state index in [1.807, 2.05) is 12.1 Å². The molecule has 174 valence electrons. The van der Waals surface area contributed by atoms with Crippen LogP contribution in [-0.4, -0.2) is 15.9 Å². The topological polar surface area (TPSA) is 83.3 Å². The van der Waals surface area contributed by atoms with E-state index < -0.39 is 5.82 Å². The van der Waals surface area contributed by atoms with Crippen molar-refractivity contribution < 1.29 is 9.18 Å². The van der Waals surface area contributed by atoms with E-state index in [2.05, 4.69) is 30.8 Å². The van der Waals surface area contributed by atoms with Gasteiger partial charge in [0.2, 0.25) is 0 Å².